The van der Waals surface area contributed by atoms with E-state index >= 15 is 0 Å². The van der Waals surface area contributed by atoms with Crippen molar-refractivity contribution in [3.8, 4) is 0 Å². The van der Waals surface area contributed by atoms with Gasteiger partial charge in [-0.3, -0.25) is 19.3 Å². The quantitative estimate of drug-likeness (QED) is 0.554. The van der Waals surface area contributed by atoms with Crippen LogP contribution in [-0.4, -0.2) is 52.7 Å². The summed E-state index contributed by atoms with van der Waals surface area (Å²) in [7, 11) is 1.62. The molecule has 0 saturated carbocycles. The van der Waals surface area contributed by atoms with E-state index in [1.54, 1.807) is 19.2 Å². The second kappa shape index (κ2) is 8.26. The molecule has 2 atom stereocenters. The monoisotopic (exact) mass is 394 g/mol. The van der Waals surface area contributed by atoms with Gasteiger partial charge >= 0.3 is 5.97 Å². The van der Waals surface area contributed by atoms with Gasteiger partial charge in [-0.25, -0.2) is 4.79 Å². The highest BCUT2D eigenvalue weighted by atomic mass is 16.5. The van der Waals surface area contributed by atoms with Crippen molar-refractivity contribution in [2.75, 3.05) is 7.05 Å². The predicted molar refractivity (Wildman–Crippen MR) is 105 cm³/mol. The second-order valence-electron chi connectivity index (χ2n) is 6.96. The molecule has 0 bridgehead atoms. The average molecular weight is 394 g/mol. The SMILES string of the molecule is C[C@H](OC(=O)[C@@H](C)N1C(=O)c2ccccc2C1=O)C(=O)N(C)Cc1ccccc1. The van der Waals surface area contributed by atoms with Gasteiger partial charge in [0.05, 0.1) is 11.1 Å². The number of hydrogen-bond acceptors (Lipinski definition) is 5. The summed E-state index contributed by atoms with van der Waals surface area (Å²) in [6.45, 7) is 3.25. The third-order valence-corrected chi connectivity index (χ3v) is 4.83. The average Bonchev–Trinajstić information content (AvgIpc) is 2.98. The van der Waals surface area contributed by atoms with Gasteiger partial charge in [-0.2, -0.15) is 0 Å². The molecule has 0 N–H and O–H groups in total. The van der Waals surface area contributed by atoms with E-state index in [1.165, 1.54) is 30.9 Å². The number of fused-ring (bicyclic) bond motifs is 1. The molecule has 0 saturated heterocycles. The van der Waals surface area contributed by atoms with Crippen molar-refractivity contribution in [1.82, 2.24) is 9.80 Å². The maximum Gasteiger partial charge on any atom is 0.329 e. The Bertz CT molecular complexity index is 922. The first-order valence-corrected chi connectivity index (χ1v) is 9.27. The van der Waals surface area contributed by atoms with E-state index in [2.05, 4.69) is 0 Å². The van der Waals surface area contributed by atoms with Gasteiger partial charge in [0.25, 0.3) is 17.7 Å². The Morgan fingerprint density at radius 2 is 1.45 bits per heavy atom. The van der Waals surface area contributed by atoms with Crippen molar-refractivity contribution in [2.24, 2.45) is 0 Å². The van der Waals surface area contributed by atoms with Crippen molar-refractivity contribution in [1.29, 1.82) is 0 Å². The first kappa shape index (κ1) is 20.3. The van der Waals surface area contributed by atoms with Crippen LogP contribution in [-0.2, 0) is 20.9 Å². The van der Waals surface area contributed by atoms with E-state index in [-0.39, 0.29) is 17.0 Å². The van der Waals surface area contributed by atoms with Crippen molar-refractivity contribution in [3.63, 3.8) is 0 Å². The van der Waals surface area contributed by atoms with E-state index in [1.807, 2.05) is 30.3 Å². The highest BCUT2D eigenvalue weighted by Gasteiger charge is 2.41. The number of carbonyl (C=O) groups is 4. The topological polar surface area (TPSA) is 84.0 Å². The molecule has 2 aromatic carbocycles. The highest BCUT2D eigenvalue weighted by molar-refractivity contribution is 6.22. The maximum atomic E-state index is 12.5. The molecule has 0 unspecified atom stereocenters. The van der Waals surface area contributed by atoms with Gasteiger partial charge in [0, 0.05) is 13.6 Å². The van der Waals surface area contributed by atoms with Crippen LogP contribution in [0.3, 0.4) is 0 Å². The zero-order chi connectivity index (χ0) is 21.1. The summed E-state index contributed by atoms with van der Waals surface area (Å²) in [6.07, 6.45) is -1.05. The maximum absolute atomic E-state index is 12.5. The highest BCUT2D eigenvalue weighted by Crippen LogP contribution is 2.25. The van der Waals surface area contributed by atoms with Crippen LogP contribution in [0.4, 0.5) is 0 Å². The summed E-state index contributed by atoms with van der Waals surface area (Å²) in [5.74, 6) is -2.28. The first-order chi connectivity index (χ1) is 13.8. The summed E-state index contributed by atoms with van der Waals surface area (Å²) >= 11 is 0. The molecule has 0 radical (unpaired) electrons. The zero-order valence-electron chi connectivity index (χ0n) is 16.5. The Labute approximate surface area is 168 Å². The lowest BCUT2D eigenvalue weighted by Gasteiger charge is -2.25. The second-order valence-corrected chi connectivity index (χ2v) is 6.96. The Balaban J connectivity index is 1.63. The molecule has 2 aromatic rings. The summed E-state index contributed by atoms with van der Waals surface area (Å²) in [4.78, 5) is 52.4. The number of rotatable bonds is 6. The number of ether oxygens (including phenoxy) is 1. The number of imide groups is 1. The Morgan fingerprint density at radius 3 is 2.00 bits per heavy atom. The van der Waals surface area contributed by atoms with Crippen molar-refractivity contribution >= 4 is 23.7 Å². The number of carbonyl (C=O) groups excluding carboxylic acids is 4. The fraction of sp³-hybridized carbons (Fsp3) is 0.273. The van der Waals surface area contributed by atoms with Crippen molar-refractivity contribution < 1.29 is 23.9 Å². The van der Waals surface area contributed by atoms with E-state index in [0.717, 1.165) is 10.5 Å². The minimum Gasteiger partial charge on any atom is -0.451 e. The molecule has 3 amide bonds. The summed E-state index contributed by atoms with van der Waals surface area (Å²) in [5, 5.41) is 0. The molecule has 150 valence electrons. The predicted octanol–water partition coefficient (Wildman–Crippen LogP) is 2.26. The zero-order valence-corrected chi connectivity index (χ0v) is 16.5. The number of amides is 3. The van der Waals surface area contributed by atoms with Crippen molar-refractivity contribution in [2.45, 2.75) is 32.5 Å². The molecule has 0 spiro atoms. The molecule has 7 heteroatoms. The van der Waals surface area contributed by atoms with E-state index in [0.29, 0.717) is 6.54 Å². The molecule has 3 rings (SSSR count). The van der Waals surface area contributed by atoms with Crippen LogP contribution in [0.15, 0.2) is 54.6 Å². The molecular formula is C22H22N2O5. The van der Waals surface area contributed by atoms with Crippen LogP contribution < -0.4 is 0 Å². The number of nitrogens with zero attached hydrogens (tertiary/aromatic N) is 2. The van der Waals surface area contributed by atoms with E-state index in [4.69, 9.17) is 4.74 Å². The molecule has 7 nitrogen and oxygen atoms in total. The van der Waals surface area contributed by atoms with Gasteiger partial charge < -0.3 is 9.64 Å². The lowest BCUT2D eigenvalue weighted by Crippen LogP contribution is -2.46. The van der Waals surface area contributed by atoms with Crippen molar-refractivity contribution in [3.05, 3.63) is 71.3 Å². The summed E-state index contributed by atoms with van der Waals surface area (Å²) in [5.41, 5.74) is 1.45. The smallest absolute Gasteiger partial charge is 0.329 e. The number of benzene rings is 2. The Hall–Kier alpha value is -3.48. The van der Waals surface area contributed by atoms with Crippen LogP contribution in [0.1, 0.15) is 40.1 Å². The third kappa shape index (κ3) is 4.03. The standard InChI is InChI=1S/C22H22N2O5/c1-14(24-20(26)17-11-7-8-12-18(17)21(24)27)22(28)29-15(2)19(25)23(3)13-16-9-5-4-6-10-16/h4-12,14-15H,13H2,1-3H3/t14-,15+/m1/s1. The minimum absolute atomic E-state index is 0.254. The van der Waals surface area contributed by atoms with Crippen LogP contribution in [0, 0.1) is 0 Å². The van der Waals surface area contributed by atoms with E-state index < -0.39 is 29.9 Å². The molecule has 1 aliphatic rings. The van der Waals surface area contributed by atoms with Crippen LogP contribution >= 0.6 is 0 Å². The summed E-state index contributed by atoms with van der Waals surface area (Å²) < 4.78 is 5.26. The number of esters is 1. The van der Waals surface area contributed by atoms with E-state index in [9.17, 15) is 19.2 Å². The van der Waals surface area contributed by atoms with Crippen LogP contribution in [0.5, 0.6) is 0 Å². The molecular weight excluding hydrogens is 372 g/mol. The van der Waals surface area contributed by atoms with Gasteiger partial charge in [0.1, 0.15) is 6.04 Å². The molecule has 0 aromatic heterocycles. The molecule has 0 fully saturated rings. The fourth-order valence-corrected chi connectivity index (χ4v) is 3.23. The first-order valence-electron chi connectivity index (χ1n) is 9.27. The molecule has 1 aliphatic heterocycles. The van der Waals surface area contributed by atoms with Gasteiger partial charge in [0.15, 0.2) is 6.10 Å². The summed E-state index contributed by atoms with van der Waals surface area (Å²) in [6, 6.07) is 14.7. The largest absolute Gasteiger partial charge is 0.451 e. The number of hydrogen-bond donors (Lipinski definition) is 0. The fourth-order valence-electron chi connectivity index (χ4n) is 3.23. The lowest BCUT2D eigenvalue weighted by molar-refractivity contribution is -0.161. The molecule has 0 aliphatic carbocycles. The Morgan fingerprint density at radius 1 is 0.931 bits per heavy atom. The Kier molecular flexibility index (Phi) is 5.77. The lowest BCUT2D eigenvalue weighted by atomic mass is 10.1. The third-order valence-electron chi connectivity index (χ3n) is 4.83. The van der Waals surface area contributed by atoms with Gasteiger partial charge in [-0.15, -0.1) is 0 Å². The van der Waals surface area contributed by atoms with Crippen LogP contribution in [0.25, 0.3) is 0 Å². The van der Waals surface area contributed by atoms with Crippen LogP contribution in [0.2, 0.25) is 0 Å². The number of likely N-dealkylation sites (N-methyl/N-ethyl adjacent to an activating group) is 1. The molecule has 1 heterocycles. The van der Waals surface area contributed by atoms with Gasteiger partial charge in [-0.1, -0.05) is 42.5 Å². The molecule has 29 heavy (non-hydrogen) atoms. The van der Waals surface area contributed by atoms with Gasteiger partial charge in [0.2, 0.25) is 0 Å². The van der Waals surface area contributed by atoms with Gasteiger partial charge in [-0.05, 0) is 31.5 Å². The minimum atomic E-state index is -1.14. The normalized spacial score (nSPS) is 14.9.